The Hall–Kier alpha value is -0.370. The van der Waals surface area contributed by atoms with Gasteiger partial charge in [-0.1, -0.05) is 13.8 Å². The number of Topliss-reactive ketones (excluding diaryl/α,β-unsaturated/α-hetero) is 1. The van der Waals surface area contributed by atoms with Crippen molar-refractivity contribution in [2.45, 2.75) is 27.2 Å². The summed E-state index contributed by atoms with van der Waals surface area (Å²) < 4.78 is 5.29. The summed E-state index contributed by atoms with van der Waals surface area (Å²) >= 11 is 0. The van der Waals surface area contributed by atoms with E-state index in [1.165, 1.54) is 0 Å². The Kier molecular flexibility index (Phi) is 3.27. The lowest BCUT2D eigenvalue weighted by molar-refractivity contribution is -0.123. The molecule has 70 valence electrons. The lowest BCUT2D eigenvalue weighted by Crippen LogP contribution is -2.27. The molecule has 0 aliphatic carbocycles. The van der Waals surface area contributed by atoms with E-state index in [2.05, 4.69) is 13.8 Å². The number of ketones is 1. The zero-order valence-corrected chi connectivity index (χ0v) is 8.17. The van der Waals surface area contributed by atoms with Crippen molar-refractivity contribution >= 4 is 5.78 Å². The van der Waals surface area contributed by atoms with Crippen LogP contribution >= 0.6 is 0 Å². The average molecular weight is 170 g/mol. The van der Waals surface area contributed by atoms with Crippen LogP contribution in [0.4, 0.5) is 0 Å². The molecule has 0 N–H and O–H groups in total. The molecule has 2 nitrogen and oxygen atoms in total. The molecular formula is C10H18O2. The van der Waals surface area contributed by atoms with Crippen LogP contribution in [0.1, 0.15) is 27.2 Å². The molecule has 1 rings (SSSR count). The lowest BCUT2D eigenvalue weighted by atomic mass is 9.80. The summed E-state index contributed by atoms with van der Waals surface area (Å²) in [5.74, 6) is 1.46. The van der Waals surface area contributed by atoms with Gasteiger partial charge in [-0.15, -0.1) is 0 Å². The van der Waals surface area contributed by atoms with E-state index < -0.39 is 0 Å². The van der Waals surface area contributed by atoms with Gasteiger partial charge in [0.15, 0.2) is 0 Å². The van der Waals surface area contributed by atoms with Gasteiger partial charge in [0.25, 0.3) is 0 Å². The second-order valence-electron chi connectivity index (χ2n) is 4.00. The molecule has 1 saturated heterocycles. The summed E-state index contributed by atoms with van der Waals surface area (Å²) in [6.45, 7) is 7.54. The molecule has 1 fully saturated rings. The molecule has 2 atom stereocenters. The Labute approximate surface area is 74.3 Å². The van der Waals surface area contributed by atoms with Crippen LogP contribution in [-0.2, 0) is 9.53 Å². The molecule has 0 bridgehead atoms. The fourth-order valence-corrected chi connectivity index (χ4v) is 2.18. The van der Waals surface area contributed by atoms with E-state index >= 15 is 0 Å². The van der Waals surface area contributed by atoms with Crippen LogP contribution in [0.5, 0.6) is 0 Å². The van der Waals surface area contributed by atoms with Crippen LogP contribution in [0.3, 0.4) is 0 Å². The fraction of sp³-hybridized carbons (Fsp3) is 0.900. The minimum Gasteiger partial charge on any atom is -0.381 e. The van der Waals surface area contributed by atoms with Gasteiger partial charge in [0.05, 0.1) is 6.61 Å². The number of rotatable bonds is 3. The molecule has 0 radical (unpaired) electrons. The van der Waals surface area contributed by atoms with Crippen LogP contribution in [0.2, 0.25) is 0 Å². The third kappa shape index (κ3) is 2.07. The van der Waals surface area contributed by atoms with Crippen molar-refractivity contribution in [3.05, 3.63) is 0 Å². The molecule has 1 heterocycles. The summed E-state index contributed by atoms with van der Waals surface area (Å²) in [6, 6.07) is 0. The topological polar surface area (TPSA) is 26.3 Å². The number of hydrogen-bond donors (Lipinski definition) is 0. The summed E-state index contributed by atoms with van der Waals surface area (Å²) in [7, 11) is 0. The monoisotopic (exact) mass is 170 g/mol. The Morgan fingerprint density at radius 2 is 2.17 bits per heavy atom. The smallest absolute Gasteiger partial charge is 0.133 e. The van der Waals surface area contributed by atoms with Crippen molar-refractivity contribution in [3.8, 4) is 0 Å². The second kappa shape index (κ2) is 4.04. The van der Waals surface area contributed by atoms with Gasteiger partial charge in [0, 0.05) is 12.5 Å². The van der Waals surface area contributed by atoms with Gasteiger partial charge in [0.1, 0.15) is 5.78 Å². The largest absolute Gasteiger partial charge is 0.381 e. The molecule has 12 heavy (non-hydrogen) atoms. The molecule has 1 aliphatic rings. The van der Waals surface area contributed by atoms with Crippen LogP contribution < -0.4 is 0 Å². The van der Waals surface area contributed by atoms with Crippen molar-refractivity contribution in [2.75, 3.05) is 13.2 Å². The highest BCUT2D eigenvalue weighted by Crippen LogP contribution is 2.28. The van der Waals surface area contributed by atoms with Gasteiger partial charge in [-0.2, -0.15) is 0 Å². The first kappa shape index (κ1) is 9.72. The first-order chi connectivity index (χ1) is 5.63. The predicted molar refractivity (Wildman–Crippen MR) is 47.9 cm³/mol. The first-order valence-electron chi connectivity index (χ1n) is 4.71. The average Bonchev–Trinajstić information content (AvgIpc) is 2.37. The van der Waals surface area contributed by atoms with Gasteiger partial charge in [-0.3, -0.25) is 4.79 Å². The maximum Gasteiger partial charge on any atom is 0.133 e. The molecule has 0 aromatic carbocycles. The van der Waals surface area contributed by atoms with Crippen molar-refractivity contribution in [2.24, 2.45) is 17.8 Å². The third-order valence-electron chi connectivity index (χ3n) is 2.66. The van der Waals surface area contributed by atoms with E-state index in [0.717, 1.165) is 19.6 Å². The van der Waals surface area contributed by atoms with E-state index in [1.54, 1.807) is 6.92 Å². The van der Waals surface area contributed by atoms with Gasteiger partial charge < -0.3 is 4.74 Å². The zero-order chi connectivity index (χ0) is 9.14. The molecule has 0 spiro atoms. The summed E-state index contributed by atoms with van der Waals surface area (Å²) in [5, 5.41) is 0. The van der Waals surface area contributed by atoms with Gasteiger partial charge in [-0.05, 0) is 25.2 Å². The van der Waals surface area contributed by atoms with Crippen molar-refractivity contribution in [3.63, 3.8) is 0 Å². The molecule has 0 aromatic heterocycles. The number of carbonyl (C=O) groups excluding carboxylic acids is 1. The van der Waals surface area contributed by atoms with Crippen LogP contribution in [0.25, 0.3) is 0 Å². The number of carbonyl (C=O) groups is 1. The SMILES string of the molecule is CC(=O)C(C(C)C)C1CCOC1. The summed E-state index contributed by atoms with van der Waals surface area (Å²) in [5.41, 5.74) is 0. The van der Waals surface area contributed by atoms with Crippen LogP contribution in [0.15, 0.2) is 0 Å². The van der Waals surface area contributed by atoms with E-state index in [-0.39, 0.29) is 5.92 Å². The molecule has 2 heteroatoms. The Morgan fingerprint density at radius 3 is 2.50 bits per heavy atom. The Bertz CT molecular complexity index is 157. The van der Waals surface area contributed by atoms with Crippen molar-refractivity contribution in [1.82, 2.24) is 0 Å². The highest BCUT2D eigenvalue weighted by atomic mass is 16.5. The normalized spacial score (nSPS) is 26.2. The first-order valence-corrected chi connectivity index (χ1v) is 4.71. The molecule has 0 saturated carbocycles. The van der Waals surface area contributed by atoms with Crippen LogP contribution in [-0.4, -0.2) is 19.0 Å². The van der Waals surface area contributed by atoms with Crippen LogP contribution in [0, 0.1) is 17.8 Å². The molecule has 0 amide bonds. The maximum atomic E-state index is 11.3. The third-order valence-corrected chi connectivity index (χ3v) is 2.66. The molecule has 1 aliphatic heterocycles. The maximum absolute atomic E-state index is 11.3. The molecule has 2 unspecified atom stereocenters. The standard InChI is InChI=1S/C10H18O2/c1-7(2)10(8(3)11)9-4-5-12-6-9/h7,9-10H,4-6H2,1-3H3. The van der Waals surface area contributed by atoms with Gasteiger partial charge >= 0.3 is 0 Å². The highest BCUT2D eigenvalue weighted by molar-refractivity contribution is 5.78. The predicted octanol–water partition coefficient (Wildman–Crippen LogP) is 1.88. The lowest BCUT2D eigenvalue weighted by Gasteiger charge is -2.22. The second-order valence-corrected chi connectivity index (χ2v) is 4.00. The highest BCUT2D eigenvalue weighted by Gasteiger charge is 2.30. The fourth-order valence-electron chi connectivity index (χ4n) is 2.18. The minimum atomic E-state index is 0.215. The van der Waals surface area contributed by atoms with Gasteiger partial charge in [0.2, 0.25) is 0 Å². The Balaban J connectivity index is 2.58. The van der Waals surface area contributed by atoms with E-state index in [0.29, 0.717) is 17.6 Å². The molecular weight excluding hydrogens is 152 g/mol. The number of hydrogen-bond acceptors (Lipinski definition) is 2. The minimum absolute atomic E-state index is 0.215. The van der Waals surface area contributed by atoms with E-state index in [4.69, 9.17) is 4.74 Å². The van der Waals surface area contributed by atoms with Gasteiger partial charge in [-0.25, -0.2) is 0 Å². The Morgan fingerprint density at radius 1 is 1.50 bits per heavy atom. The van der Waals surface area contributed by atoms with Crippen molar-refractivity contribution in [1.29, 1.82) is 0 Å². The molecule has 0 aromatic rings. The number of ether oxygens (including phenoxy) is 1. The van der Waals surface area contributed by atoms with E-state index in [9.17, 15) is 4.79 Å². The summed E-state index contributed by atoms with van der Waals surface area (Å²) in [6.07, 6.45) is 1.06. The van der Waals surface area contributed by atoms with Crippen molar-refractivity contribution < 1.29 is 9.53 Å². The zero-order valence-electron chi connectivity index (χ0n) is 8.17. The van der Waals surface area contributed by atoms with E-state index in [1.807, 2.05) is 0 Å². The summed E-state index contributed by atoms with van der Waals surface area (Å²) in [4.78, 5) is 11.3. The quantitative estimate of drug-likeness (QED) is 0.646.